The van der Waals surface area contributed by atoms with Crippen molar-refractivity contribution in [3.05, 3.63) is 39.7 Å². The molecule has 0 spiro atoms. The quantitative estimate of drug-likeness (QED) is 0.493. The standard InChI is InChI=1S/C14H17ClN4O2/c1-9-5-6-11(19(20)21)10(7-9)13-17-16-12(8-15)18(13)14(2,3)4/h5-7H,8H2,1-4H3. The van der Waals surface area contributed by atoms with Crippen molar-refractivity contribution in [3.8, 4) is 11.4 Å². The van der Waals surface area contributed by atoms with Gasteiger partial charge in [-0.05, 0) is 39.3 Å². The fourth-order valence-corrected chi connectivity index (χ4v) is 2.44. The number of aryl methyl sites for hydroxylation is 1. The number of nitro benzene ring substituents is 1. The zero-order chi connectivity index (χ0) is 15.8. The van der Waals surface area contributed by atoms with E-state index >= 15 is 0 Å². The van der Waals surface area contributed by atoms with Crippen LogP contribution < -0.4 is 0 Å². The van der Waals surface area contributed by atoms with Crippen LogP contribution in [0.4, 0.5) is 5.69 Å². The molecule has 0 aliphatic rings. The Morgan fingerprint density at radius 1 is 1.33 bits per heavy atom. The topological polar surface area (TPSA) is 73.8 Å². The van der Waals surface area contributed by atoms with E-state index in [1.54, 1.807) is 12.1 Å². The van der Waals surface area contributed by atoms with Crippen LogP contribution in [0.1, 0.15) is 32.2 Å². The highest BCUT2D eigenvalue weighted by Crippen LogP contribution is 2.33. The maximum atomic E-state index is 11.3. The number of aromatic nitrogens is 3. The van der Waals surface area contributed by atoms with Gasteiger partial charge in [0, 0.05) is 11.6 Å². The van der Waals surface area contributed by atoms with E-state index in [0.717, 1.165) is 5.56 Å². The van der Waals surface area contributed by atoms with Crippen LogP contribution in [0.5, 0.6) is 0 Å². The van der Waals surface area contributed by atoms with E-state index in [-0.39, 0.29) is 17.1 Å². The average Bonchev–Trinajstić information content (AvgIpc) is 2.81. The Bertz CT molecular complexity index is 689. The van der Waals surface area contributed by atoms with Gasteiger partial charge >= 0.3 is 0 Å². The molecule has 0 amide bonds. The summed E-state index contributed by atoms with van der Waals surface area (Å²) in [6, 6.07) is 4.96. The first-order chi connectivity index (χ1) is 9.75. The minimum atomic E-state index is -0.406. The first-order valence-electron chi connectivity index (χ1n) is 6.52. The summed E-state index contributed by atoms with van der Waals surface area (Å²) in [5.41, 5.74) is 1.06. The lowest BCUT2D eigenvalue weighted by atomic mass is 10.0. The third-order valence-electron chi connectivity index (χ3n) is 3.11. The van der Waals surface area contributed by atoms with Crippen LogP contribution in [0.25, 0.3) is 11.4 Å². The molecule has 1 aromatic carbocycles. The molecule has 0 fully saturated rings. The summed E-state index contributed by atoms with van der Waals surface area (Å²) in [7, 11) is 0. The molecule has 0 aliphatic heterocycles. The maximum Gasteiger partial charge on any atom is 0.280 e. The van der Waals surface area contributed by atoms with E-state index < -0.39 is 4.92 Å². The van der Waals surface area contributed by atoms with Gasteiger partial charge in [-0.1, -0.05) is 6.07 Å². The molecule has 0 radical (unpaired) electrons. The Balaban J connectivity index is 2.76. The van der Waals surface area contributed by atoms with Gasteiger partial charge in [0.1, 0.15) is 5.82 Å². The van der Waals surface area contributed by atoms with Crippen molar-refractivity contribution in [1.29, 1.82) is 0 Å². The molecule has 2 aromatic rings. The number of rotatable bonds is 3. The van der Waals surface area contributed by atoms with Gasteiger partial charge < -0.3 is 4.57 Å². The van der Waals surface area contributed by atoms with Gasteiger partial charge in [-0.15, -0.1) is 21.8 Å². The highest BCUT2D eigenvalue weighted by molar-refractivity contribution is 6.16. The van der Waals surface area contributed by atoms with Crippen LogP contribution >= 0.6 is 11.6 Å². The van der Waals surface area contributed by atoms with E-state index in [9.17, 15) is 10.1 Å². The summed E-state index contributed by atoms with van der Waals surface area (Å²) in [5.74, 6) is 1.26. The van der Waals surface area contributed by atoms with Crippen LogP contribution in [0.15, 0.2) is 18.2 Å². The lowest BCUT2D eigenvalue weighted by molar-refractivity contribution is -0.384. The van der Waals surface area contributed by atoms with Crippen LogP contribution in [0.2, 0.25) is 0 Å². The Labute approximate surface area is 127 Å². The fraction of sp³-hybridized carbons (Fsp3) is 0.429. The Hall–Kier alpha value is -1.95. The number of alkyl halides is 1. The molecular weight excluding hydrogens is 292 g/mol. The van der Waals surface area contributed by atoms with Gasteiger partial charge in [-0.25, -0.2) is 0 Å². The molecule has 0 bridgehead atoms. The smallest absolute Gasteiger partial charge is 0.280 e. The summed E-state index contributed by atoms with van der Waals surface area (Å²) >= 11 is 5.92. The predicted molar refractivity (Wildman–Crippen MR) is 81.4 cm³/mol. The minimum Gasteiger partial charge on any atom is -0.304 e. The second-order valence-corrected chi connectivity index (χ2v) is 6.12. The van der Waals surface area contributed by atoms with Gasteiger partial charge in [0.15, 0.2) is 5.82 Å². The van der Waals surface area contributed by atoms with E-state index in [2.05, 4.69) is 10.2 Å². The molecule has 6 nitrogen and oxygen atoms in total. The van der Waals surface area contributed by atoms with Gasteiger partial charge in [0.05, 0.1) is 16.4 Å². The van der Waals surface area contributed by atoms with Gasteiger partial charge in [-0.3, -0.25) is 10.1 Å². The molecule has 0 atom stereocenters. The van der Waals surface area contributed by atoms with Gasteiger partial charge in [-0.2, -0.15) is 0 Å². The zero-order valence-corrected chi connectivity index (χ0v) is 13.2. The van der Waals surface area contributed by atoms with Gasteiger partial charge in [0.25, 0.3) is 5.69 Å². The number of hydrogen-bond donors (Lipinski definition) is 0. The van der Waals surface area contributed by atoms with Crippen LogP contribution in [-0.4, -0.2) is 19.7 Å². The highest BCUT2D eigenvalue weighted by atomic mass is 35.5. The fourth-order valence-electron chi connectivity index (χ4n) is 2.27. The van der Waals surface area contributed by atoms with E-state index in [4.69, 9.17) is 11.6 Å². The molecule has 21 heavy (non-hydrogen) atoms. The molecule has 112 valence electrons. The van der Waals surface area contributed by atoms with Crippen molar-refractivity contribution in [3.63, 3.8) is 0 Å². The van der Waals surface area contributed by atoms with E-state index in [1.807, 2.05) is 32.3 Å². The van der Waals surface area contributed by atoms with E-state index in [1.165, 1.54) is 6.07 Å². The molecule has 0 aliphatic carbocycles. The lowest BCUT2D eigenvalue weighted by Crippen LogP contribution is -2.25. The largest absolute Gasteiger partial charge is 0.304 e. The third kappa shape index (κ3) is 2.90. The van der Waals surface area contributed by atoms with Crippen LogP contribution in [-0.2, 0) is 11.4 Å². The van der Waals surface area contributed by atoms with Crippen LogP contribution in [0, 0.1) is 17.0 Å². The molecule has 0 N–H and O–H groups in total. The van der Waals surface area contributed by atoms with Crippen molar-refractivity contribution in [2.45, 2.75) is 39.1 Å². The monoisotopic (exact) mass is 308 g/mol. The maximum absolute atomic E-state index is 11.3. The molecule has 1 heterocycles. The number of nitrogens with zero attached hydrogens (tertiary/aromatic N) is 4. The second-order valence-electron chi connectivity index (χ2n) is 5.86. The van der Waals surface area contributed by atoms with Gasteiger partial charge in [0.2, 0.25) is 0 Å². The Kier molecular flexibility index (Phi) is 4.00. The Morgan fingerprint density at radius 2 is 2.00 bits per heavy atom. The number of benzene rings is 1. The lowest BCUT2D eigenvalue weighted by Gasteiger charge is -2.24. The first-order valence-corrected chi connectivity index (χ1v) is 7.05. The minimum absolute atomic E-state index is 0.0135. The molecule has 2 rings (SSSR count). The van der Waals surface area contributed by atoms with Crippen molar-refractivity contribution in [2.75, 3.05) is 0 Å². The average molecular weight is 309 g/mol. The third-order valence-corrected chi connectivity index (χ3v) is 3.35. The molecule has 7 heteroatoms. The molecule has 0 unspecified atom stereocenters. The van der Waals surface area contributed by atoms with Crippen LogP contribution in [0.3, 0.4) is 0 Å². The predicted octanol–water partition coefficient (Wildman–Crippen LogP) is 3.66. The van der Waals surface area contributed by atoms with E-state index in [0.29, 0.717) is 17.2 Å². The Morgan fingerprint density at radius 3 is 2.52 bits per heavy atom. The summed E-state index contributed by atoms with van der Waals surface area (Å²) < 4.78 is 1.85. The highest BCUT2D eigenvalue weighted by Gasteiger charge is 2.27. The molecule has 0 saturated carbocycles. The SMILES string of the molecule is Cc1ccc([N+](=O)[O-])c(-c2nnc(CCl)n2C(C)(C)C)c1. The number of nitro groups is 1. The molecule has 0 saturated heterocycles. The van der Waals surface area contributed by atoms with Crippen molar-refractivity contribution in [1.82, 2.24) is 14.8 Å². The molecule has 1 aromatic heterocycles. The summed E-state index contributed by atoms with van der Waals surface area (Å²) in [6.07, 6.45) is 0. The molecular formula is C14H17ClN4O2. The number of halogens is 1. The summed E-state index contributed by atoms with van der Waals surface area (Å²) in [5, 5.41) is 19.5. The normalized spacial score (nSPS) is 11.7. The zero-order valence-electron chi connectivity index (χ0n) is 12.4. The van der Waals surface area contributed by atoms with Crippen molar-refractivity contribution < 1.29 is 4.92 Å². The first kappa shape index (κ1) is 15.4. The van der Waals surface area contributed by atoms with Crippen molar-refractivity contribution in [2.24, 2.45) is 0 Å². The van der Waals surface area contributed by atoms with Crippen molar-refractivity contribution >= 4 is 17.3 Å². The summed E-state index contributed by atoms with van der Waals surface area (Å²) in [4.78, 5) is 10.9. The summed E-state index contributed by atoms with van der Waals surface area (Å²) in [6.45, 7) is 7.83. The number of hydrogen-bond acceptors (Lipinski definition) is 4. The second kappa shape index (κ2) is 5.44.